The predicted molar refractivity (Wildman–Crippen MR) is 92.7 cm³/mol. The first-order valence-electron chi connectivity index (χ1n) is 9.65. The largest absolute Gasteiger partial charge is 0.393 e. The van der Waals surface area contributed by atoms with E-state index in [0.717, 1.165) is 12.8 Å². The molecule has 0 bridgehead atoms. The number of carbonyl (C=O) groups is 3. The third kappa shape index (κ3) is 2.19. The molecule has 0 aromatic heterocycles. The molecule has 0 heterocycles. The van der Waals surface area contributed by atoms with Crippen molar-refractivity contribution in [2.24, 2.45) is 34.5 Å². The lowest BCUT2D eigenvalue weighted by molar-refractivity contribution is -0.151. The van der Waals surface area contributed by atoms with Gasteiger partial charge in [0.25, 0.3) is 0 Å². The minimum Gasteiger partial charge on any atom is -0.393 e. The van der Waals surface area contributed by atoms with E-state index in [1.165, 1.54) is 0 Å². The van der Waals surface area contributed by atoms with E-state index in [1.54, 1.807) is 13.0 Å². The van der Waals surface area contributed by atoms with E-state index in [-0.39, 0.29) is 40.5 Å². The van der Waals surface area contributed by atoms with Gasteiger partial charge in [-0.2, -0.15) is 0 Å². The molecule has 4 aliphatic carbocycles. The van der Waals surface area contributed by atoms with Crippen LogP contribution >= 0.6 is 0 Å². The molecule has 3 fully saturated rings. The number of carbonyl (C=O) groups excluding carboxylic acids is 3. The Labute approximate surface area is 149 Å². The van der Waals surface area contributed by atoms with E-state index in [4.69, 9.17) is 0 Å². The number of rotatable bonds is 1. The average molecular weight is 344 g/mol. The summed E-state index contributed by atoms with van der Waals surface area (Å²) in [7, 11) is 0. The average Bonchev–Trinajstić information content (AvgIpc) is 2.85. The van der Waals surface area contributed by atoms with Crippen LogP contribution in [0.4, 0.5) is 0 Å². The molecule has 25 heavy (non-hydrogen) atoms. The topological polar surface area (TPSA) is 71.4 Å². The Hall–Kier alpha value is -1.29. The fourth-order valence-electron chi connectivity index (χ4n) is 7.19. The second-order valence-corrected chi connectivity index (χ2v) is 9.38. The Kier molecular flexibility index (Phi) is 3.67. The Balaban J connectivity index is 1.77. The molecule has 136 valence electrons. The van der Waals surface area contributed by atoms with Crippen LogP contribution in [-0.4, -0.2) is 28.6 Å². The molecule has 0 spiro atoms. The van der Waals surface area contributed by atoms with E-state index in [1.807, 2.05) is 0 Å². The number of hydrogen-bond donors (Lipinski definition) is 1. The van der Waals surface area contributed by atoms with Crippen LogP contribution in [0.1, 0.15) is 59.3 Å². The quantitative estimate of drug-likeness (QED) is 0.794. The monoisotopic (exact) mass is 344 g/mol. The molecule has 0 saturated heterocycles. The smallest absolute Gasteiger partial charge is 0.159 e. The SMILES string of the molecule is CC(=O)C1CCC2C3CC(=O)C4=CC(=O)CCC4(C)C3C(O)CC12C. The number of ketones is 3. The second-order valence-electron chi connectivity index (χ2n) is 9.38. The van der Waals surface area contributed by atoms with Crippen molar-refractivity contribution in [1.29, 1.82) is 0 Å². The van der Waals surface area contributed by atoms with Crippen molar-refractivity contribution >= 4 is 17.3 Å². The number of aliphatic hydroxyl groups is 1. The van der Waals surface area contributed by atoms with Gasteiger partial charge in [-0.25, -0.2) is 0 Å². The zero-order chi connectivity index (χ0) is 18.1. The van der Waals surface area contributed by atoms with Crippen LogP contribution in [0.5, 0.6) is 0 Å². The van der Waals surface area contributed by atoms with Gasteiger partial charge in [0, 0.05) is 29.7 Å². The number of hydrogen-bond acceptors (Lipinski definition) is 4. The van der Waals surface area contributed by atoms with E-state index >= 15 is 0 Å². The summed E-state index contributed by atoms with van der Waals surface area (Å²) in [5.41, 5.74) is 0.0475. The lowest BCUT2D eigenvalue weighted by Crippen LogP contribution is -2.58. The van der Waals surface area contributed by atoms with E-state index < -0.39 is 11.5 Å². The summed E-state index contributed by atoms with van der Waals surface area (Å²) in [4.78, 5) is 36.9. The number of fused-ring (bicyclic) bond motifs is 5. The summed E-state index contributed by atoms with van der Waals surface area (Å²) >= 11 is 0. The third-order valence-corrected chi connectivity index (χ3v) is 8.21. The van der Waals surface area contributed by atoms with Crippen molar-refractivity contribution in [3.05, 3.63) is 11.6 Å². The van der Waals surface area contributed by atoms with Gasteiger partial charge in [0.15, 0.2) is 11.6 Å². The molecule has 0 aromatic rings. The molecule has 0 radical (unpaired) electrons. The van der Waals surface area contributed by atoms with Crippen molar-refractivity contribution in [1.82, 2.24) is 0 Å². The van der Waals surface area contributed by atoms with Gasteiger partial charge >= 0.3 is 0 Å². The first-order valence-corrected chi connectivity index (χ1v) is 9.65. The maximum atomic E-state index is 12.9. The molecular weight excluding hydrogens is 316 g/mol. The summed E-state index contributed by atoms with van der Waals surface area (Å²) in [6.45, 7) is 5.89. The van der Waals surface area contributed by atoms with Gasteiger partial charge in [0.1, 0.15) is 5.78 Å². The highest BCUT2D eigenvalue weighted by molar-refractivity contribution is 6.05. The molecule has 4 heteroatoms. The van der Waals surface area contributed by atoms with Gasteiger partial charge in [-0.15, -0.1) is 0 Å². The Bertz CT molecular complexity index is 692. The lowest BCUT2D eigenvalue weighted by Gasteiger charge is -2.59. The maximum Gasteiger partial charge on any atom is 0.159 e. The molecule has 0 aliphatic heterocycles. The van der Waals surface area contributed by atoms with Crippen molar-refractivity contribution in [2.75, 3.05) is 0 Å². The zero-order valence-corrected chi connectivity index (χ0v) is 15.4. The van der Waals surface area contributed by atoms with Crippen LogP contribution in [0.2, 0.25) is 0 Å². The first kappa shape index (κ1) is 17.1. The second kappa shape index (κ2) is 5.35. The van der Waals surface area contributed by atoms with Crippen molar-refractivity contribution in [3.8, 4) is 0 Å². The molecule has 3 saturated carbocycles. The summed E-state index contributed by atoms with van der Waals surface area (Å²) in [6, 6.07) is 0. The van der Waals surface area contributed by atoms with Gasteiger partial charge in [-0.1, -0.05) is 13.8 Å². The zero-order valence-electron chi connectivity index (χ0n) is 15.4. The Morgan fingerprint density at radius 2 is 1.96 bits per heavy atom. The van der Waals surface area contributed by atoms with Crippen molar-refractivity contribution in [3.63, 3.8) is 0 Å². The van der Waals surface area contributed by atoms with Gasteiger partial charge in [0.05, 0.1) is 6.10 Å². The van der Waals surface area contributed by atoms with Crippen LogP contribution < -0.4 is 0 Å². The van der Waals surface area contributed by atoms with Crippen LogP contribution in [-0.2, 0) is 14.4 Å². The number of Topliss-reactive ketones (excluding diaryl/α,β-unsaturated/α-hetero) is 2. The molecule has 4 aliphatic rings. The molecule has 4 nitrogen and oxygen atoms in total. The molecule has 0 aromatic carbocycles. The van der Waals surface area contributed by atoms with Gasteiger partial charge in [0.2, 0.25) is 0 Å². The Morgan fingerprint density at radius 3 is 2.64 bits per heavy atom. The maximum absolute atomic E-state index is 12.9. The molecule has 0 amide bonds. The minimum atomic E-state index is -0.513. The van der Waals surface area contributed by atoms with Gasteiger partial charge in [-0.05, 0) is 61.9 Å². The predicted octanol–water partition coefficient (Wildman–Crippen LogP) is 2.87. The summed E-state index contributed by atoms with van der Waals surface area (Å²) in [6.07, 6.45) is 5.04. The minimum absolute atomic E-state index is 0.000816. The van der Waals surface area contributed by atoms with Crippen molar-refractivity contribution in [2.45, 2.75) is 65.4 Å². The van der Waals surface area contributed by atoms with Crippen LogP contribution in [0.3, 0.4) is 0 Å². The normalized spacial score (nSPS) is 49.1. The lowest BCUT2D eigenvalue weighted by atomic mass is 9.45. The fourth-order valence-corrected chi connectivity index (χ4v) is 7.19. The number of allylic oxidation sites excluding steroid dienone is 1. The first-order chi connectivity index (χ1) is 11.7. The molecule has 7 atom stereocenters. The van der Waals surface area contributed by atoms with Crippen LogP contribution in [0.15, 0.2) is 11.6 Å². The van der Waals surface area contributed by atoms with E-state index in [0.29, 0.717) is 37.2 Å². The highest BCUT2D eigenvalue weighted by atomic mass is 16.3. The third-order valence-electron chi connectivity index (χ3n) is 8.21. The fraction of sp³-hybridized carbons (Fsp3) is 0.762. The molecule has 1 N–H and O–H groups in total. The summed E-state index contributed by atoms with van der Waals surface area (Å²) in [5.74, 6) is 0.796. The molecular formula is C21H28O4. The number of aliphatic hydroxyl groups excluding tert-OH is 1. The summed E-state index contributed by atoms with van der Waals surface area (Å²) in [5, 5.41) is 11.1. The highest BCUT2D eigenvalue weighted by Crippen LogP contribution is 2.66. The van der Waals surface area contributed by atoms with E-state index in [9.17, 15) is 19.5 Å². The molecule has 7 unspecified atom stereocenters. The molecule has 4 rings (SSSR count). The Morgan fingerprint density at radius 1 is 1.24 bits per heavy atom. The summed E-state index contributed by atoms with van der Waals surface area (Å²) < 4.78 is 0. The van der Waals surface area contributed by atoms with Crippen LogP contribution in [0, 0.1) is 34.5 Å². The van der Waals surface area contributed by atoms with Crippen LogP contribution in [0.25, 0.3) is 0 Å². The van der Waals surface area contributed by atoms with Gasteiger partial charge < -0.3 is 5.11 Å². The standard InChI is InChI=1S/C21H28O4/c1-11(22)14-4-5-15-13-9-17(24)16-8-12(23)6-7-20(16,2)19(13)18(25)10-21(14,15)3/h8,13-15,18-19,25H,4-7,9-10H2,1-3H3. The van der Waals surface area contributed by atoms with Gasteiger partial charge in [-0.3, -0.25) is 14.4 Å². The van der Waals surface area contributed by atoms with Crippen molar-refractivity contribution < 1.29 is 19.5 Å². The van der Waals surface area contributed by atoms with E-state index in [2.05, 4.69) is 13.8 Å². The highest BCUT2D eigenvalue weighted by Gasteiger charge is 2.64.